The molecule has 134 valence electrons. The van der Waals surface area contributed by atoms with Crippen LogP contribution in [0.4, 0.5) is 0 Å². The molecule has 0 spiro atoms. The van der Waals surface area contributed by atoms with Crippen LogP contribution < -0.4 is 0 Å². The lowest BCUT2D eigenvalue weighted by molar-refractivity contribution is 0.166. The molecule has 0 radical (unpaired) electrons. The van der Waals surface area contributed by atoms with Gasteiger partial charge in [-0.3, -0.25) is 9.58 Å². The lowest BCUT2D eigenvalue weighted by atomic mass is 9.71. The Kier molecular flexibility index (Phi) is 5.16. The van der Waals surface area contributed by atoms with Crippen LogP contribution >= 0.6 is 0 Å². The molecule has 4 nitrogen and oxygen atoms in total. The van der Waals surface area contributed by atoms with Crippen LogP contribution in [0.25, 0.3) is 0 Å². The first-order valence-corrected chi connectivity index (χ1v) is 9.57. The second-order valence-electron chi connectivity index (χ2n) is 8.23. The van der Waals surface area contributed by atoms with Gasteiger partial charge in [0.1, 0.15) is 0 Å². The highest BCUT2D eigenvalue weighted by molar-refractivity contribution is 5.23. The van der Waals surface area contributed by atoms with Gasteiger partial charge in [-0.2, -0.15) is 5.10 Å². The van der Waals surface area contributed by atoms with E-state index in [9.17, 15) is 5.11 Å². The predicted octanol–water partition coefficient (Wildman–Crippen LogP) is 4.06. The number of aromatic nitrogens is 2. The van der Waals surface area contributed by atoms with Gasteiger partial charge >= 0.3 is 0 Å². The average molecular weight is 332 g/mol. The maximum atomic E-state index is 10.0. The van der Waals surface area contributed by atoms with Crippen molar-refractivity contribution in [2.45, 2.75) is 79.0 Å². The Morgan fingerprint density at radius 3 is 2.83 bits per heavy atom. The van der Waals surface area contributed by atoms with E-state index in [0.717, 1.165) is 38.3 Å². The average Bonchev–Trinajstić information content (AvgIpc) is 2.96. The minimum Gasteiger partial charge on any atom is -0.387 e. The molecule has 4 heteroatoms. The second-order valence-corrected chi connectivity index (χ2v) is 8.23. The van der Waals surface area contributed by atoms with Crippen LogP contribution in [0.15, 0.2) is 17.2 Å². The van der Waals surface area contributed by atoms with E-state index >= 15 is 0 Å². The zero-order chi connectivity index (χ0) is 17.3. The molecule has 0 fully saturated rings. The van der Waals surface area contributed by atoms with Gasteiger partial charge in [0.25, 0.3) is 0 Å². The van der Waals surface area contributed by atoms with Crippen LogP contribution in [-0.4, -0.2) is 32.9 Å². The Bertz CT molecular complexity index is 614. The number of allylic oxidation sites excluding steroid dienone is 1. The maximum absolute atomic E-state index is 10.0. The topological polar surface area (TPSA) is 41.3 Å². The summed E-state index contributed by atoms with van der Waals surface area (Å²) in [5.74, 6) is 0. The first kappa shape index (κ1) is 17.7. The summed E-state index contributed by atoms with van der Waals surface area (Å²) in [6.45, 7) is 13.2. The summed E-state index contributed by atoms with van der Waals surface area (Å²) in [6.07, 6.45) is 5.44. The van der Waals surface area contributed by atoms with Crippen molar-refractivity contribution in [1.82, 2.24) is 14.7 Å². The van der Waals surface area contributed by atoms with E-state index in [1.165, 1.54) is 31.4 Å². The monoisotopic (exact) mass is 331 g/mol. The fraction of sp³-hybridized carbons (Fsp3) is 0.750. The van der Waals surface area contributed by atoms with E-state index in [-0.39, 0.29) is 0 Å². The predicted molar refractivity (Wildman–Crippen MR) is 97.7 cm³/mol. The summed E-state index contributed by atoms with van der Waals surface area (Å²) >= 11 is 0. The zero-order valence-electron chi connectivity index (χ0n) is 15.8. The van der Waals surface area contributed by atoms with Gasteiger partial charge in [-0.15, -0.1) is 0 Å². The molecule has 1 aliphatic carbocycles. The Balaban J connectivity index is 1.63. The van der Waals surface area contributed by atoms with Gasteiger partial charge in [0.2, 0.25) is 0 Å². The van der Waals surface area contributed by atoms with E-state index in [2.05, 4.69) is 41.5 Å². The van der Waals surface area contributed by atoms with Crippen molar-refractivity contribution in [1.29, 1.82) is 0 Å². The molecule has 1 aromatic heterocycles. The first-order chi connectivity index (χ1) is 11.4. The summed E-state index contributed by atoms with van der Waals surface area (Å²) in [4.78, 5) is 2.55. The summed E-state index contributed by atoms with van der Waals surface area (Å²) in [5.41, 5.74) is 5.77. The van der Waals surface area contributed by atoms with Gasteiger partial charge in [0.05, 0.1) is 24.0 Å². The van der Waals surface area contributed by atoms with Crippen LogP contribution in [0, 0.1) is 5.41 Å². The van der Waals surface area contributed by atoms with Crippen LogP contribution in [-0.2, 0) is 13.1 Å². The fourth-order valence-electron chi connectivity index (χ4n) is 4.40. The summed E-state index contributed by atoms with van der Waals surface area (Å²) in [7, 11) is 0. The quantitative estimate of drug-likeness (QED) is 0.827. The highest BCUT2D eigenvalue weighted by Crippen LogP contribution is 2.41. The molecule has 2 aliphatic rings. The van der Waals surface area contributed by atoms with E-state index in [1.54, 1.807) is 11.1 Å². The minimum absolute atomic E-state index is 0.373. The Morgan fingerprint density at radius 1 is 1.33 bits per heavy atom. The SMILES string of the molecule is CC[C@@H](O)c1cc2n(n1)CCN(CCC1=C(C)CCCC1(C)C)C2. The van der Waals surface area contributed by atoms with Gasteiger partial charge in [0.15, 0.2) is 0 Å². The van der Waals surface area contributed by atoms with Crippen LogP contribution in [0.5, 0.6) is 0 Å². The summed E-state index contributed by atoms with van der Waals surface area (Å²) in [5, 5.41) is 14.6. The highest BCUT2D eigenvalue weighted by atomic mass is 16.3. The smallest absolute Gasteiger partial charge is 0.0975 e. The molecule has 2 heterocycles. The van der Waals surface area contributed by atoms with Crippen molar-refractivity contribution in [3.8, 4) is 0 Å². The Labute approximate surface area is 146 Å². The molecule has 0 amide bonds. The zero-order valence-corrected chi connectivity index (χ0v) is 15.8. The maximum Gasteiger partial charge on any atom is 0.0975 e. The molecule has 1 atom stereocenters. The number of rotatable bonds is 5. The Morgan fingerprint density at radius 2 is 2.12 bits per heavy atom. The molecule has 1 N–H and O–H groups in total. The van der Waals surface area contributed by atoms with Crippen molar-refractivity contribution in [2.24, 2.45) is 5.41 Å². The van der Waals surface area contributed by atoms with Crippen molar-refractivity contribution < 1.29 is 5.11 Å². The van der Waals surface area contributed by atoms with Gasteiger partial charge in [-0.1, -0.05) is 31.9 Å². The van der Waals surface area contributed by atoms with Crippen molar-refractivity contribution in [3.05, 3.63) is 28.6 Å². The molecule has 24 heavy (non-hydrogen) atoms. The lowest BCUT2D eigenvalue weighted by Crippen LogP contribution is -2.35. The summed E-state index contributed by atoms with van der Waals surface area (Å²) in [6, 6.07) is 2.09. The molecule has 0 saturated carbocycles. The molecular formula is C20H33N3O. The van der Waals surface area contributed by atoms with E-state index in [0.29, 0.717) is 5.41 Å². The van der Waals surface area contributed by atoms with Crippen LogP contribution in [0.2, 0.25) is 0 Å². The van der Waals surface area contributed by atoms with Gasteiger partial charge in [0, 0.05) is 19.6 Å². The number of hydrogen-bond donors (Lipinski definition) is 1. The van der Waals surface area contributed by atoms with Crippen molar-refractivity contribution in [3.63, 3.8) is 0 Å². The summed E-state index contributed by atoms with van der Waals surface area (Å²) < 4.78 is 2.08. The van der Waals surface area contributed by atoms with E-state index < -0.39 is 6.10 Å². The van der Waals surface area contributed by atoms with Gasteiger partial charge in [-0.05, 0) is 50.5 Å². The number of aliphatic hydroxyl groups is 1. The third kappa shape index (κ3) is 3.60. The lowest BCUT2D eigenvalue weighted by Gasteiger charge is -2.36. The number of fused-ring (bicyclic) bond motifs is 1. The number of nitrogens with zero attached hydrogens (tertiary/aromatic N) is 3. The van der Waals surface area contributed by atoms with Crippen molar-refractivity contribution in [2.75, 3.05) is 13.1 Å². The molecular weight excluding hydrogens is 298 g/mol. The largest absolute Gasteiger partial charge is 0.387 e. The second kappa shape index (κ2) is 7.01. The first-order valence-electron chi connectivity index (χ1n) is 9.57. The molecule has 3 rings (SSSR count). The Hall–Kier alpha value is -1.13. The third-order valence-electron chi connectivity index (χ3n) is 5.99. The highest BCUT2D eigenvalue weighted by Gasteiger charge is 2.29. The van der Waals surface area contributed by atoms with E-state index in [4.69, 9.17) is 0 Å². The fourth-order valence-corrected chi connectivity index (χ4v) is 4.40. The van der Waals surface area contributed by atoms with Crippen LogP contribution in [0.1, 0.15) is 77.3 Å². The van der Waals surface area contributed by atoms with E-state index in [1.807, 2.05) is 6.92 Å². The number of hydrogen-bond acceptors (Lipinski definition) is 3. The standard InChI is InChI=1S/C20H33N3O/c1-5-19(24)18-13-16-14-22(11-12-23(16)21-18)10-8-17-15(2)7-6-9-20(17,3)4/h13,19,24H,5-12,14H2,1-4H3/t19-/m1/s1. The van der Waals surface area contributed by atoms with Crippen molar-refractivity contribution >= 4 is 0 Å². The molecule has 0 aromatic carbocycles. The minimum atomic E-state index is -0.424. The molecule has 0 bridgehead atoms. The third-order valence-corrected chi connectivity index (χ3v) is 5.99. The van der Waals surface area contributed by atoms with Gasteiger partial charge < -0.3 is 5.11 Å². The number of aliphatic hydroxyl groups excluding tert-OH is 1. The molecule has 1 aromatic rings. The van der Waals surface area contributed by atoms with Gasteiger partial charge in [-0.25, -0.2) is 0 Å². The molecule has 1 aliphatic heterocycles. The van der Waals surface area contributed by atoms with Crippen LogP contribution in [0.3, 0.4) is 0 Å². The normalized spacial score (nSPS) is 22.5. The molecule has 0 saturated heterocycles. The molecule has 0 unspecified atom stereocenters.